The fraction of sp³-hybridized carbons (Fsp3) is 0.0909. The molecule has 0 bridgehead atoms. The Morgan fingerprint density at radius 3 is 2.75 bits per heavy atom. The smallest absolute Gasteiger partial charge is 0.143 e. The monoisotopic (exact) mass is 282 g/mol. The van der Waals surface area contributed by atoms with Crippen molar-refractivity contribution >= 4 is 15.9 Å². The van der Waals surface area contributed by atoms with Crippen LogP contribution in [0.2, 0.25) is 0 Å². The molecule has 1 heterocycles. The van der Waals surface area contributed by atoms with Gasteiger partial charge < -0.3 is 5.11 Å². The van der Waals surface area contributed by atoms with Gasteiger partial charge in [-0.3, -0.25) is 0 Å². The molecule has 1 unspecified atom stereocenters. The van der Waals surface area contributed by atoms with E-state index >= 15 is 0 Å². The highest BCUT2D eigenvalue weighted by Gasteiger charge is 2.16. The number of aromatic nitrogens is 2. The standard InChI is InChI=1S/C11H8BrFN2O/c12-9-3-1-2-8(10(9)13)11(16)7-4-5-14-15-6-7/h1-6,11,16H. The first-order valence-electron chi connectivity index (χ1n) is 4.58. The maximum atomic E-state index is 13.7. The highest BCUT2D eigenvalue weighted by molar-refractivity contribution is 9.10. The van der Waals surface area contributed by atoms with Crippen molar-refractivity contribution in [3.05, 3.63) is 58.1 Å². The highest BCUT2D eigenvalue weighted by Crippen LogP contribution is 2.27. The van der Waals surface area contributed by atoms with Crippen LogP contribution in [0.5, 0.6) is 0 Å². The van der Waals surface area contributed by atoms with E-state index in [0.29, 0.717) is 10.0 Å². The zero-order valence-electron chi connectivity index (χ0n) is 8.14. The molecule has 0 saturated carbocycles. The number of aliphatic hydroxyl groups excluding tert-OH is 1. The lowest BCUT2D eigenvalue weighted by atomic mass is 10.0. The first-order chi connectivity index (χ1) is 7.70. The number of benzene rings is 1. The summed E-state index contributed by atoms with van der Waals surface area (Å²) in [6.07, 6.45) is 1.83. The van der Waals surface area contributed by atoms with Gasteiger partial charge in [0.05, 0.1) is 10.7 Å². The van der Waals surface area contributed by atoms with Gasteiger partial charge in [0.25, 0.3) is 0 Å². The largest absolute Gasteiger partial charge is 0.383 e. The Morgan fingerprint density at radius 2 is 2.06 bits per heavy atom. The van der Waals surface area contributed by atoms with Gasteiger partial charge in [-0.05, 0) is 28.1 Å². The van der Waals surface area contributed by atoms with Gasteiger partial charge in [-0.25, -0.2) is 4.39 Å². The molecule has 0 spiro atoms. The summed E-state index contributed by atoms with van der Waals surface area (Å²) >= 11 is 3.07. The van der Waals surface area contributed by atoms with E-state index < -0.39 is 11.9 Å². The summed E-state index contributed by atoms with van der Waals surface area (Å²) in [4.78, 5) is 0. The highest BCUT2D eigenvalue weighted by atomic mass is 79.9. The average Bonchev–Trinajstić information content (AvgIpc) is 2.33. The van der Waals surface area contributed by atoms with Crippen LogP contribution in [0, 0.1) is 5.82 Å². The Bertz CT molecular complexity index is 493. The molecule has 82 valence electrons. The van der Waals surface area contributed by atoms with Crippen LogP contribution in [-0.4, -0.2) is 15.3 Å². The van der Waals surface area contributed by atoms with E-state index in [9.17, 15) is 9.50 Å². The first kappa shape index (κ1) is 11.2. The lowest BCUT2D eigenvalue weighted by Crippen LogP contribution is -2.03. The molecule has 0 radical (unpaired) electrons. The molecular formula is C11H8BrFN2O. The van der Waals surface area contributed by atoms with Crippen molar-refractivity contribution in [2.75, 3.05) is 0 Å². The third kappa shape index (κ3) is 2.10. The zero-order valence-corrected chi connectivity index (χ0v) is 9.73. The van der Waals surface area contributed by atoms with Crippen molar-refractivity contribution in [1.82, 2.24) is 10.2 Å². The van der Waals surface area contributed by atoms with Crippen LogP contribution in [-0.2, 0) is 0 Å². The van der Waals surface area contributed by atoms with E-state index in [1.807, 2.05) is 0 Å². The molecule has 0 aliphatic rings. The Balaban J connectivity index is 2.42. The van der Waals surface area contributed by atoms with Crippen LogP contribution in [0.4, 0.5) is 4.39 Å². The molecule has 3 nitrogen and oxygen atoms in total. The molecule has 0 aliphatic heterocycles. The summed E-state index contributed by atoms with van der Waals surface area (Å²) in [5, 5.41) is 17.2. The molecule has 2 aromatic rings. The second-order valence-corrected chi connectivity index (χ2v) is 4.08. The molecule has 16 heavy (non-hydrogen) atoms. The van der Waals surface area contributed by atoms with E-state index in [4.69, 9.17) is 0 Å². The third-order valence-electron chi connectivity index (χ3n) is 2.20. The second kappa shape index (κ2) is 4.67. The number of halogens is 2. The van der Waals surface area contributed by atoms with Crippen LogP contribution in [0.3, 0.4) is 0 Å². The molecule has 0 saturated heterocycles. The van der Waals surface area contributed by atoms with Crippen molar-refractivity contribution in [1.29, 1.82) is 0 Å². The summed E-state index contributed by atoms with van der Waals surface area (Å²) in [5.41, 5.74) is 0.717. The molecule has 0 aliphatic carbocycles. The summed E-state index contributed by atoms with van der Waals surface area (Å²) in [6.45, 7) is 0. The fourth-order valence-corrected chi connectivity index (χ4v) is 1.76. The lowest BCUT2D eigenvalue weighted by Gasteiger charge is -2.12. The van der Waals surface area contributed by atoms with E-state index in [-0.39, 0.29) is 5.56 Å². The van der Waals surface area contributed by atoms with Gasteiger partial charge in [-0.15, -0.1) is 0 Å². The minimum absolute atomic E-state index is 0.211. The number of nitrogens with zero attached hydrogens (tertiary/aromatic N) is 2. The van der Waals surface area contributed by atoms with Crippen molar-refractivity contribution in [2.24, 2.45) is 0 Å². The number of rotatable bonds is 2. The minimum atomic E-state index is -1.03. The number of hydrogen-bond acceptors (Lipinski definition) is 3. The molecule has 1 aromatic heterocycles. The third-order valence-corrected chi connectivity index (χ3v) is 2.81. The van der Waals surface area contributed by atoms with Gasteiger partial charge in [-0.1, -0.05) is 12.1 Å². The summed E-state index contributed by atoms with van der Waals surface area (Å²) in [7, 11) is 0. The van der Waals surface area contributed by atoms with Gasteiger partial charge in [-0.2, -0.15) is 10.2 Å². The predicted molar refractivity (Wildman–Crippen MR) is 60.2 cm³/mol. The number of hydrogen-bond donors (Lipinski definition) is 1. The zero-order chi connectivity index (χ0) is 11.5. The molecule has 1 aromatic carbocycles. The summed E-state index contributed by atoms with van der Waals surface area (Å²) < 4.78 is 14.0. The molecule has 5 heteroatoms. The molecular weight excluding hydrogens is 275 g/mol. The Kier molecular flexibility index (Phi) is 3.26. The van der Waals surface area contributed by atoms with E-state index in [2.05, 4.69) is 26.1 Å². The van der Waals surface area contributed by atoms with Crippen LogP contribution in [0.15, 0.2) is 41.1 Å². The number of aliphatic hydroxyl groups is 1. The van der Waals surface area contributed by atoms with Gasteiger partial charge in [0.2, 0.25) is 0 Å². The lowest BCUT2D eigenvalue weighted by molar-refractivity contribution is 0.214. The first-order valence-corrected chi connectivity index (χ1v) is 5.38. The molecule has 0 amide bonds. The van der Waals surface area contributed by atoms with Gasteiger partial charge in [0.1, 0.15) is 11.9 Å². The second-order valence-electron chi connectivity index (χ2n) is 3.22. The van der Waals surface area contributed by atoms with E-state index in [0.717, 1.165) is 0 Å². The van der Waals surface area contributed by atoms with Crippen molar-refractivity contribution in [3.63, 3.8) is 0 Å². The van der Waals surface area contributed by atoms with E-state index in [1.165, 1.54) is 18.5 Å². The van der Waals surface area contributed by atoms with Gasteiger partial charge in [0.15, 0.2) is 0 Å². The molecule has 1 N–H and O–H groups in total. The SMILES string of the molecule is OC(c1ccnnc1)c1cccc(Br)c1F. The average molecular weight is 283 g/mol. The molecule has 0 fully saturated rings. The van der Waals surface area contributed by atoms with Crippen molar-refractivity contribution in [2.45, 2.75) is 6.10 Å². The van der Waals surface area contributed by atoms with Gasteiger partial charge >= 0.3 is 0 Å². The predicted octanol–water partition coefficient (Wildman–Crippen LogP) is 2.46. The topological polar surface area (TPSA) is 46.0 Å². The Morgan fingerprint density at radius 1 is 1.25 bits per heavy atom. The maximum Gasteiger partial charge on any atom is 0.143 e. The fourth-order valence-electron chi connectivity index (χ4n) is 1.37. The van der Waals surface area contributed by atoms with Gasteiger partial charge in [0, 0.05) is 17.3 Å². The van der Waals surface area contributed by atoms with E-state index in [1.54, 1.807) is 18.2 Å². The van der Waals surface area contributed by atoms with Crippen LogP contribution in [0.1, 0.15) is 17.2 Å². The van der Waals surface area contributed by atoms with Crippen LogP contribution in [0.25, 0.3) is 0 Å². The minimum Gasteiger partial charge on any atom is -0.383 e. The quantitative estimate of drug-likeness (QED) is 0.920. The van der Waals surface area contributed by atoms with Crippen LogP contribution >= 0.6 is 15.9 Å². The summed E-state index contributed by atoms with van der Waals surface area (Å²) in [6, 6.07) is 6.37. The van der Waals surface area contributed by atoms with Crippen LogP contribution < -0.4 is 0 Å². The normalized spacial score (nSPS) is 12.4. The maximum absolute atomic E-state index is 13.7. The molecule has 2 rings (SSSR count). The Hall–Kier alpha value is -1.33. The van der Waals surface area contributed by atoms with Crippen molar-refractivity contribution < 1.29 is 9.50 Å². The summed E-state index contributed by atoms with van der Waals surface area (Å²) in [5.74, 6) is -0.466. The Labute approximate surface area is 100 Å². The van der Waals surface area contributed by atoms with Crippen molar-refractivity contribution in [3.8, 4) is 0 Å². The molecule has 1 atom stereocenters.